The van der Waals surface area contributed by atoms with Crippen molar-refractivity contribution in [2.24, 2.45) is 0 Å². The first kappa shape index (κ1) is 11.5. The predicted octanol–water partition coefficient (Wildman–Crippen LogP) is 2.12. The van der Waals surface area contributed by atoms with Crippen molar-refractivity contribution in [1.29, 1.82) is 0 Å². The number of carbonyl (C=O) groups is 2. The molecule has 0 aromatic heterocycles. The van der Waals surface area contributed by atoms with Crippen LogP contribution in [-0.2, 0) is 4.79 Å². The van der Waals surface area contributed by atoms with Crippen LogP contribution in [0.15, 0.2) is 12.1 Å². The first-order chi connectivity index (χ1) is 7.08. The maximum Gasteiger partial charge on any atom is 0.221 e. The molecule has 1 amide bonds. The van der Waals surface area contributed by atoms with Gasteiger partial charge in [-0.3, -0.25) is 9.59 Å². The Morgan fingerprint density at radius 1 is 1.53 bits per heavy atom. The molecule has 0 fully saturated rings. The molecule has 0 aliphatic heterocycles. The molecule has 15 heavy (non-hydrogen) atoms. The van der Waals surface area contributed by atoms with E-state index in [9.17, 15) is 9.59 Å². The van der Waals surface area contributed by atoms with E-state index in [1.54, 1.807) is 0 Å². The fraction of sp³-hybridized carbons (Fsp3) is 0.200. The van der Waals surface area contributed by atoms with Gasteiger partial charge in [0.2, 0.25) is 5.91 Å². The highest BCUT2D eigenvalue weighted by molar-refractivity contribution is 6.31. The number of ether oxygens (including phenoxy) is 1. The lowest BCUT2D eigenvalue weighted by atomic mass is 10.1. The highest BCUT2D eigenvalue weighted by Gasteiger charge is 2.11. The number of hydrogen-bond acceptors (Lipinski definition) is 3. The standard InChI is InChI=1S/C10H10ClNO3/c1-6(14)12-9-3-7(11)4-10(15-2)8(9)5-13/h3-5H,1-2H3,(H,12,14). The van der Waals surface area contributed by atoms with Crippen molar-refractivity contribution in [2.75, 3.05) is 12.4 Å². The van der Waals surface area contributed by atoms with Gasteiger partial charge in [0.1, 0.15) is 5.75 Å². The first-order valence-electron chi connectivity index (χ1n) is 4.18. The van der Waals surface area contributed by atoms with Crippen LogP contribution in [0.1, 0.15) is 17.3 Å². The number of methoxy groups -OCH3 is 1. The van der Waals surface area contributed by atoms with E-state index in [1.807, 2.05) is 0 Å². The Labute approximate surface area is 92.2 Å². The molecule has 0 saturated carbocycles. The van der Waals surface area contributed by atoms with Gasteiger partial charge in [-0.2, -0.15) is 0 Å². The zero-order valence-electron chi connectivity index (χ0n) is 8.33. The van der Waals surface area contributed by atoms with Gasteiger partial charge in [-0.05, 0) is 12.1 Å². The third-order valence-corrected chi connectivity index (χ3v) is 1.97. The maximum atomic E-state index is 10.9. The van der Waals surface area contributed by atoms with Crippen LogP contribution in [0.2, 0.25) is 5.02 Å². The van der Waals surface area contributed by atoms with Crippen LogP contribution in [0, 0.1) is 0 Å². The van der Waals surface area contributed by atoms with Gasteiger partial charge in [-0.15, -0.1) is 0 Å². The molecule has 0 aliphatic carbocycles. The van der Waals surface area contributed by atoms with Crippen molar-refractivity contribution < 1.29 is 14.3 Å². The van der Waals surface area contributed by atoms with E-state index in [2.05, 4.69) is 5.32 Å². The number of aldehydes is 1. The molecule has 4 nitrogen and oxygen atoms in total. The molecule has 80 valence electrons. The average Bonchev–Trinajstić information content (AvgIpc) is 2.15. The Morgan fingerprint density at radius 2 is 2.20 bits per heavy atom. The van der Waals surface area contributed by atoms with Crippen molar-refractivity contribution in [1.82, 2.24) is 0 Å². The molecule has 0 aliphatic rings. The van der Waals surface area contributed by atoms with Crippen molar-refractivity contribution >= 4 is 29.5 Å². The highest BCUT2D eigenvalue weighted by atomic mass is 35.5. The molecule has 0 spiro atoms. The topological polar surface area (TPSA) is 55.4 Å². The second-order valence-electron chi connectivity index (χ2n) is 2.87. The maximum absolute atomic E-state index is 10.9. The lowest BCUT2D eigenvalue weighted by Gasteiger charge is -2.10. The van der Waals surface area contributed by atoms with Crippen LogP contribution in [0.25, 0.3) is 0 Å². The molecule has 5 heteroatoms. The van der Waals surface area contributed by atoms with Crippen LogP contribution in [-0.4, -0.2) is 19.3 Å². The fourth-order valence-electron chi connectivity index (χ4n) is 1.18. The Kier molecular flexibility index (Phi) is 3.68. The summed E-state index contributed by atoms with van der Waals surface area (Å²) in [6.07, 6.45) is 0.612. The lowest BCUT2D eigenvalue weighted by molar-refractivity contribution is -0.114. The first-order valence-corrected chi connectivity index (χ1v) is 4.56. The van der Waals surface area contributed by atoms with E-state index in [-0.39, 0.29) is 11.5 Å². The van der Waals surface area contributed by atoms with Gasteiger partial charge >= 0.3 is 0 Å². The van der Waals surface area contributed by atoms with Crippen molar-refractivity contribution in [3.05, 3.63) is 22.7 Å². The lowest BCUT2D eigenvalue weighted by Crippen LogP contribution is -2.08. The molecule has 1 N–H and O–H groups in total. The Balaban J connectivity index is 3.28. The van der Waals surface area contributed by atoms with Gasteiger partial charge in [0, 0.05) is 11.9 Å². The zero-order valence-corrected chi connectivity index (χ0v) is 9.09. The smallest absolute Gasteiger partial charge is 0.221 e. The van der Waals surface area contributed by atoms with Crippen LogP contribution in [0.5, 0.6) is 5.75 Å². The molecule has 0 saturated heterocycles. The molecular weight excluding hydrogens is 218 g/mol. The van der Waals surface area contributed by atoms with Gasteiger partial charge in [-0.1, -0.05) is 11.6 Å². The second-order valence-corrected chi connectivity index (χ2v) is 3.30. The Bertz CT molecular complexity index is 404. The van der Waals surface area contributed by atoms with Crippen molar-refractivity contribution in [3.8, 4) is 5.75 Å². The van der Waals surface area contributed by atoms with Gasteiger partial charge in [0.15, 0.2) is 6.29 Å². The largest absolute Gasteiger partial charge is 0.496 e. The van der Waals surface area contributed by atoms with Gasteiger partial charge in [0.25, 0.3) is 0 Å². The molecule has 0 unspecified atom stereocenters. The van der Waals surface area contributed by atoms with Crippen LogP contribution >= 0.6 is 11.6 Å². The molecule has 0 bridgehead atoms. The number of nitrogens with one attached hydrogen (secondary N) is 1. The minimum absolute atomic E-state index is 0.275. The van der Waals surface area contributed by atoms with E-state index >= 15 is 0 Å². The molecule has 1 aromatic carbocycles. The molecule has 1 aromatic rings. The normalized spacial score (nSPS) is 9.53. The van der Waals surface area contributed by atoms with Gasteiger partial charge < -0.3 is 10.1 Å². The van der Waals surface area contributed by atoms with Gasteiger partial charge in [0.05, 0.1) is 18.4 Å². The Morgan fingerprint density at radius 3 is 2.67 bits per heavy atom. The number of hydrogen-bond donors (Lipinski definition) is 1. The van der Waals surface area contributed by atoms with Gasteiger partial charge in [-0.25, -0.2) is 0 Å². The van der Waals surface area contributed by atoms with Crippen molar-refractivity contribution in [2.45, 2.75) is 6.92 Å². The van der Waals surface area contributed by atoms with E-state index in [0.717, 1.165) is 0 Å². The number of carbonyl (C=O) groups excluding carboxylic acids is 2. The van der Waals surface area contributed by atoms with E-state index in [1.165, 1.54) is 26.2 Å². The summed E-state index contributed by atoms with van der Waals surface area (Å²) in [5.41, 5.74) is 0.624. The number of rotatable bonds is 3. The minimum atomic E-state index is -0.276. The number of halogens is 1. The zero-order chi connectivity index (χ0) is 11.4. The number of anilines is 1. The average molecular weight is 228 g/mol. The number of amides is 1. The third-order valence-electron chi connectivity index (χ3n) is 1.76. The third kappa shape index (κ3) is 2.70. The van der Waals surface area contributed by atoms with E-state index in [4.69, 9.17) is 16.3 Å². The summed E-state index contributed by atoms with van der Waals surface area (Å²) in [5, 5.41) is 2.90. The summed E-state index contributed by atoms with van der Waals surface area (Å²) in [4.78, 5) is 21.7. The Hall–Kier alpha value is -1.55. The summed E-state index contributed by atoms with van der Waals surface area (Å²) < 4.78 is 4.97. The molecule has 0 radical (unpaired) electrons. The molecule has 0 atom stereocenters. The summed E-state index contributed by atoms with van der Waals surface area (Å²) in [5.74, 6) is 0.0590. The van der Waals surface area contributed by atoms with E-state index in [0.29, 0.717) is 22.7 Å². The molecule has 0 heterocycles. The number of benzene rings is 1. The summed E-state index contributed by atoms with van der Waals surface area (Å²) >= 11 is 5.79. The minimum Gasteiger partial charge on any atom is -0.496 e. The molecule has 1 rings (SSSR count). The highest BCUT2D eigenvalue weighted by Crippen LogP contribution is 2.29. The summed E-state index contributed by atoms with van der Waals surface area (Å²) in [6, 6.07) is 3.01. The predicted molar refractivity (Wildman–Crippen MR) is 57.7 cm³/mol. The monoisotopic (exact) mass is 227 g/mol. The van der Waals surface area contributed by atoms with E-state index < -0.39 is 0 Å². The van der Waals surface area contributed by atoms with Crippen molar-refractivity contribution in [3.63, 3.8) is 0 Å². The quantitative estimate of drug-likeness (QED) is 0.805. The van der Waals surface area contributed by atoms with Crippen LogP contribution in [0.4, 0.5) is 5.69 Å². The fourth-order valence-corrected chi connectivity index (χ4v) is 1.38. The summed E-state index contributed by atoms with van der Waals surface area (Å²) in [6.45, 7) is 1.35. The summed E-state index contributed by atoms with van der Waals surface area (Å²) in [7, 11) is 1.43. The van der Waals surface area contributed by atoms with Crippen LogP contribution in [0.3, 0.4) is 0 Å². The van der Waals surface area contributed by atoms with Crippen LogP contribution < -0.4 is 10.1 Å². The molecular formula is C10H10ClNO3. The SMILES string of the molecule is COc1cc(Cl)cc(NC(C)=O)c1C=O. The second kappa shape index (κ2) is 4.79.